The van der Waals surface area contributed by atoms with E-state index in [9.17, 15) is 40.3 Å². The van der Waals surface area contributed by atoms with Crippen LogP contribution in [-0.2, 0) is 29.8 Å². The van der Waals surface area contributed by atoms with Crippen molar-refractivity contribution < 1.29 is 60.0 Å². The highest BCUT2D eigenvalue weighted by molar-refractivity contribution is 7.86. The van der Waals surface area contributed by atoms with Crippen molar-refractivity contribution in [2.45, 2.75) is 9.79 Å². The molecule has 0 aliphatic rings. The molecule has 2 amide bonds. The van der Waals surface area contributed by atoms with Gasteiger partial charge in [-0.25, -0.2) is 14.4 Å². The van der Waals surface area contributed by atoms with Gasteiger partial charge in [0.25, 0.3) is 20.2 Å². The Labute approximate surface area is 236 Å². The van der Waals surface area contributed by atoms with Gasteiger partial charge < -0.3 is 30.3 Å². The minimum atomic E-state index is -4.69. The zero-order valence-corrected chi connectivity index (χ0v) is 22.6. The SMILES string of the molecule is O=C(O)COc1cc(S(=O)(=O)O)cc2cc(NC(=O)Nc3ccc4c(OCC(=O)O)cc(S(=O)(=O)O)cc4c3)ccc12. The van der Waals surface area contributed by atoms with Gasteiger partial charge >= 0.3 is 18.0 Å². The Morgan fingerprint density at radius 3 is 1.33 bits per heavy atom. The van der Waals surface area contributed by atoms with Crippen LogP contribution in [0.25, 0.3) is 21.5 Å². The van der Waals surface area contributed by atoms with E-state index in [0.717, 1.165) is 24.3 Å². The summed E-state index contributed by atoms with van der Waals surface area (Å²) in [6, 6.07) is 11.8. The van der Waals surface area contributed by atoms with E-state index in [2.05, 4.69) is 10.6 Å². The van der Waals surface area contributed by atoms with Gasteiger partial charge in [-0.2, -0.15) is 16.8 Å². The lowest BCUT2D eigenvalue weighted by atomic mass is 10.1. The van der Waals surface area contributed by atoms with Crippen LogP contribution in [0.15, 0.2) is 70.5 Å². The summed E-state index contributed by atoms with van der Waals surface area (Å²) >= 11 is 0. The van der Waals surface area contributed by atoms with Crippen LogP contribution in [0.2, 0.25) is 0 Å². The third-order valence-corrected chi connectivity index (χ3v) is 7.25. The Morgan fingerprint density at radius 2 is 1.00 bits per heavy atom. The highest BCUT2D eigenvalue weighted by Gasteiger charge is 2.18. The maximum absolute atomic E-state index is 12.7. The van der Waals surface area contributed by atoms with Crippen molar-refractivity contribution >= 4 is 71.1 Å². The largest absolute Gasteiger partial charge is 0.481 e. The van der Waals surface area contributed by atoms with Gasteiger partial charge in [-0.15, -0.1) is 0 Å². The van der Waals surface area contributed by atoms with Crippen LogP contribution in [-0.4, -0.2) is 67.3 Å². The predicted octanol–water partition coefficient (Wildman–Crippen LogP) is 3.06. The monoisotopic (exact) mass is 620 g/mol. The Morgan fingerprint density at radius 1 is 0.619 bits per heavy atom. The number of amides is 2. The topological polar surface area (TPSA) is 243 Å². The zero-order chi connectivity index (χ0) is 30.8. The molecule has 0 aromatic heterocycles. The molecule has 0 unspecified atom stereocenters. The van der Waals surface area contributed by atoms with Crippen molar-refractivity contribution in [3.05, 3.63) is 60.7 Å². The average molecular weight is 621 g/mol. The lowest BCUT2D eigenvalue weighted by Crippen LogP contribution is -2.19. The summed E-state index contributed by atoms with van der Waals surface area (Å²) in [5, 5.41) is 23.8. The van der Waals surface area contributed by atoms with Gasteiger partial charge in [-0.05, 0) is 59.3 Å². The molecule has 0 radical (unpaired) electrons. The Balaban J connectivity index is 1.62. The lowest BCUT2D eigenvalue weighted by molar-refractivity contribution is -0.140. The molecule has 0 heterocycles. The van der Waals surface area contributed by atoms with Crippen molar-refractivity contribution in [2.24, 2.45) is 0 Å². The number of ether oxygens (including phenoxy) is 2. The molecule has 0 bridgehead atoms. The first kappa shape index (κ1) is 30.0. The Kier molecular flexibility index (Phi) is 8.21. The van der Waals surface area contributed by atoms with E-state index in [1.165, 1.54) is 36.4 Å². The summed E-state index contributed by atoms with van der Waals surface area (Å²) in [5.74, 6) is -2.90. The maximum Gasteiger partial charge on any atom is 0.341 e. The average Bonchev–Trinajstić information content (AvgIpc) is 2.88. The van der Waals surface area contributed by atoms with Gasteiger partial charge in [-0.3, -0.25) is 9.11 Å². The minimum Gasteiger partial charge on any atom is -0.481 e. The molecular formula is C25H20N2O13S2. The molecule has 15 nitrogen and oxygen atoms in total. The van der Waals surface area contributed by atoms with E-state index in [1.54, 1.807) is 0 Å². The van der Waals surface area contributed by atoms with Crippen LogP contribution in [0.5, 0.6) is 11.5 Å². The minimum absolute atomic E-state index is 0.134. The summed E-state index contributed by atoms with van der Waals surface area (Å²) in [6.45, 7) is -1.56. The second kappa shape index (κ2) is 11.5. The summed E-state index contributed by atoms with van der Waals surface area (Å²) in [5.41, 5.74) is 0.325. The molecular weight excluding hydrogens is 600 g/mol. The number of urea groups is 1. The molecule has 0 aliphatic carbocycles. The van der Waals surface area contributed by atoms with Gasteiger partial charge in [-0.1, -0.05) is 0 Å². The van der Waals surface area contributed by atoms with Crippen molar-refractivity contribution in [3.8, 4) is 11.5 Å². The van der Waals surface area contributed by atoms with Crippen LogP contribution >= 0.6 is 0 Å². The van der Waals surface area contributed by atoms with Gasteiger partial charge in [0.15, 0.2) is 13.2 Å². The number of fused-ring (bicyclic) bond motifs is 2. The van der Waals surface area contributed by atoms with E-state index < -0.39 is 61.2 Å². The number of benzene rings is 4. The lowest BCUT2D eigenvalue weighted by Gasteiger charge is -2.13. The molecule has 4 rings (SSSR count). The number of carbonyl (C=O) groups is 3. The number of aliphatic carboxylic acids is 2. The van der Waals surface area contributed by atoms with E-state index in [-0.39, 0.29) is 33.6 Å². The predicted molar refractivity (Wildman–Crippen MR) is 146 cm³/mol. The molecule has 42 heavy (non-hydrogen) atoms. The smallest absolute Gasteiger partial charge is 0.341 e. The van der Waals surface area contributed by atoms with E-state index in [1.807, 2.05) is 0 Å². The summed E-state index contributed by atoms with van der Waals surface area (Å²) in [6.07, 6.45) is 0. The van der Waals surface area contributed by atoms with E-state index >= 15 is 0 Å². The van der Waals surface area contributed by atoms with Crippen LogP contribution < -0.4 is 20.1 Å². The van der Waals surface area contributed by atoms with Crippen molar-refractivity contribution in [2.75, 3.05) is 23.8 Å². The zero-order valence-electron chi connectivity index (χ0n) is 21.0. The molecule has 0 saturated carbocycles. The first-order valence-corrected chi connectivity index (χ1v) is 14.4. The number of carboxylic acids is 2. The van der Waals surface area contributed by atoms with E-state index in [0.29, 0.717) is 10.8 Å². The molecule has 4 aromatic rings. The molecule has 4 aromatic carbocycles. The fraction of sp³-hybridized carbons (Fsp3) is 0.0800. The summed E-state index contributed by atoms with van der Waals surface area (Å²) < 4.78 is 76.1. The highest BCUT2D eigenvalue weighted by atomic mass is 32.2. The van der Waals surface area contributed by atoms with Gasteiger partial charge in [0, 0.05) is 34.3 Å². The second-order valence-electron chi connectivity index (χ2n) is 8.61. The number of hydrogen-bond acceptors (Lipinski definition) is 9. The second-order valence-corrected chi connectivity index (χ2v) is 11.5. The third-order valence-electron chi connectivity index (χ3n) is 5.59. The number of carbonyl (C=O) groups excluding carboxylic acids is 1. The fourth-order valence-electron chi connectivity index (χ4n) is 3.88. The van der Waals surface area contributed by atoms with Crippen LogP contribution in [0, 0.1) is 0 Å². The first-order chi connectivity index (χ1) is 19.6. The summed E-state index contributed by atoms with van der Waals surface area (Å²) in [4.78, 5) is 33.4. The molecule has 0 spiro atoms. The fourth-order valence-corrected chi connectivity index (χ4v) is 4.95. The van der Waals surface area contributed by atoms with Gasteiger partial charge in [0.1, 0.15) is 11.5 Å². The normalized spacial score (nSPS) is 11.7. The molecule has 0 atom stereocenters. The number of anilines is 2. The van der Waals surface area contributed by atoms with Gasteiger partial charge in [0.2, 0.25) is 0 Å². The molecule has 17 heteroatoms. The molecule has 0 aliphatic heterocycles. The van der Waals surface area contributed by atoms with Crippen molar-refractivity contribution in [3.63, 3.8) is 0 Å². The number of rotatable bonds is 10. The van der Waals surface area contributed by atoms with Gasteiger partial charge in [0.05, 0.1) is 9.79 Å². The molecule has 6 N–H and O–H groups in total. The first-order valence-electron chi connectivity index (χ1n) is 11.5. The molecule has 0 fully saturated rings. The number of nitrogens with one attached hydrogen (secondary N) is 2. The quantitative estimate of drug-likeness (QED) is 0.140. The van der Waals surface area contributed by atoms with Crippen molar-refractivity contribution in [1.82, 2.24) is 0 Å². The molecule has 220 valence electrons. The Hall–Kier alpha value is -4.97. The van der Waals surface area contributed by atoms with Crippen LogP contribution in [0.3, 0.4) is 0 Å². The number of carboxylic acid groups (broad SMARTS) is 2. The summed E-state index contributed by atoms with van der Waals surface area (Å²) in [7, 11) is -9.38. The third kappa shape index (κ3) is 7.21. The Bertz CT molecular complexity index is 1830. The van der Waals surface area contributed by atoms with Crippen molar-refractivity contribution in [1.29, 1.82) is 0 Å². The number of hydrogen-bond donors (Lipinski definition) is 6. The maximum atomic E-state index is 12.7. The standard InChI is InChI=1S/C25H20N2O13S2/c28-23(29)11-39-21-9-17(41(33,34)35)7-13-5-15(1-3-19(13)21)26-25(32)27-16-2-4-20-14(6-16)8-18(42(36,37)38)10-22(20)40-12-24(30)31/h1-10H,11-12H2,(H,28,29)(H,30,31)(H2,26,27,32)(H,33,34,35)(H,36,37,38). The van der Waals surface area contributed by atoms with Crippen LogP contribution in [0.1, 0.15) is 0 Å². The van der Waals surface area contributed by atoms with Crippen LogP contribution in [0.4, 0.5) is 16.2 Å². The highest BCUT2D eigenvalue weighted by Crippen LogP contribution is 2.33. The molecule has 0 saturated heterocycles. The van der Waals surface area contributed by atoms with E-state index in [4.69, 9.17) is 19.7 Å².